The molecule has 0 atom stereocenters. The molecule has 11 heteroatoms. The molecule has 1 aromatic carbocycles. The van der Waals surface area contributed by atoms with E-state index in [0.29, 0.717) is 0 Å². The Hall–Kier alpha value is -1.85. The number of nitrogens with two attached hydrogens (primary N) is 1. The first-order valence-electron chi connectivity index (χ1n) is 5.66. The predicted molar refractivity (Wildman–Crippen MR) is 75.3 cm³/mol. The Kier molecular flexibility index (Phi) is 5.15. The SMILES string of the molecule is CCOC(=O)NS(=O)(=O)Nc1cccc(S(N)(=O)=O)c1C. The van der Waals surface area contributed by atoms with Gasteiger partial charge in [-0.15, -0.1) is 0 Å². The molecule has 0 heterocycles. The van der Waals surface area contributed by atoms with Crippen molar-refractivity contribution in [3.05, 3.63) is 23.8 Å². The Morgan fingerprint density at radius 3 is 2.43 bits per heavy atom. The zero-order chi connectivity index (χ0) is 16.3. The Morgan fingerprint density at radius 2 is 1.90 bits per heavy atom. The van der Waals surface area contributed by atoms with Gasteiger partial charge in [0.2, 0.25) is 10.0 Å². The van der Waals surface area contributed by atoms with Gasteiger partial charge in [0.05, 0.1) is 17.2 Å². The number of ether oxygens (including phenoxy) is 1. The Labute approximate surface area is 122 Å². The number of sulfonamides is 1. The summed E-state index contributed by atoms with van der Waals surface area (Å²) in [6.07, 6.45) is -1.15. The number of hydrogen-bond acceptors (Lipinski definition) is 6. The summed E-state index contributed by atoms with van der Waals surface area (Å²) in [7, 11) is -8.24. The Morgan fingerprint density at radius 1 is 1.29 bits per heavy atom. The minimum Gasteiger partial charge on any atom is -0.449 e. The molecule has 0 saturated heterocycles. The maximum Gasteiger partial charge on any atom is 0.422 e. The van der Waals surface area contributed by atoms with Crippen LogP contribution in [0.1, 0.15) is 12.5 Å². The van der Waals surface area contributed by atoms with E-state index in [4.69, 9.17) is 5.14 Å². The van der Waals surface area contributed by atoms with Gasteiger partial charge in [-0.3, -0.25) is 4.72 Å². The third kappa shape index (κ3) is 4.88. The van der Waals surface area contributed by atoms with Gasteiger partial charge >= 0.3 is 16.3 Å². The third-order valence-corrected chi connectivity index (χ3v) is 4.31. The van der Waals surface area contributed by atoms with Crippen LogP contribution in [0.3, 0.4) is 0 Å². The second-order valence-corrected chi connectivity index (χ2v) is 6.85. The lowest BCUT2D eigenvalue weighted by atomic mass is 10.2. The highest BCUT2D eigenvalue weighted by atomic mass is 32.2. The highest BCUT2D eigenvalue weighted by Crippen LogP contribution is 2.22. The lowest BCUT2D eigenvalue weighted by Crippen LogP contribution is -2.36. The smallest absolute Gasteiger partial charge is 0.422 e. The van der Waals surface area contributed by atoms with Crippen LogP contribution >= 0.6 is 0 Å². The van der Waals surface area contributed by atoms with Crippen LogP contribution < -0.4 is 14.6 Å². The molecule has 0 bridgehead atoms. The maximum absolute atomic E-state index is 11.7. The highest BCUT2D eigenvalue weighted by Gasteiger charge is 2.19. The van der Waals surface area contributed by atoms with Crippen molar-refractivity contribution in [2.24, 2.45) is 5.14 Å². The molecule has 0 fully saturated rings. The van der Waals surface area contributed by atoms with Crippen molar-refractivity contribution in [1.29, 1.82) is 0 Å². The molecular formula is C10H15N3O6S2. The summed E-state index contributed by atoms with van der Waals surface area (Å²) in [5.74, 6) is 0. The monoisotopic (exact) mass is 337 g/mol. The number of primary sulfonamides is 1. The second kappa shape index (κ2) is 6.28. The van der Waals surface area contributed by atoms with Crippen molar-refractivity contribution in [2.45, 2.75) is 18.7 Å². The quantitative estimate of drug-likeness (QED) is 0.692. The second-order valence-electron chi connectivity index (χ2n) is 3.90. The molecule has 0 aliphatic rings. The first kappa shape index (κ1) is 17.2. The van der Waals surface area contributed by atoms with Gasteiger partial charge in [-0.1, -0.05) is 6.07 Å². The lowest BCUT2D eigenvalue weighted by molar-refractivity contribution is 0.159. The van der Waals surface area contributed by atoms with Crippen molar-refractivity contribution < 1.29 is 26.4 Å². The molecule has 1 amide bonds. The van der Waals surface area contributed by atoms with Crippen LogP contribution in [0.4, 0.5) is 10.5 Å². The molecule has 1 rings (SSSR count). The number of carbonyl (C=O) groups excluding carboxylic acids is 1. The molecule has 0 unspecified atom stereocenters. The summed E-state index contributed by atoms with van der Waals surface area (Å²) in [5.41, 5.74) is 0.0764. The molecule has 21 heavy (non-hydrogen) atoms. The molecule has 0 spiro atoms. The number of carbonyl (C=O) groups is 1. The van der Waals surface area contributed by atoms with Crippen LogP contribution in [0.2, 0.25) is 0 Å². The molecule has 1 aromatic rings. The van der Waals surface area contributed by atoms with Gasteiger partial charge in [0.25, 0.3) is 0 Å². The third-order valence-electron chi connectivity index (χ3n) is 2.33. The molecule has 0 aliphatic heterocycles. The first-order valence-corrected chi connectivity index (χ1v) is 8.69. The normalized spacial score (nSPS) is 11.8. The molecule has 4 N–H and O–H groups in total. The van der Waals surface area contributed by atoms with Crippen LogP contribution in [-0.2, 0) is 25.0 Å². The number of amides is 1. The van der Waals surface area contributed by atoms with Crippen molar-refractivity contribution in [2.75, 3.05) is 11.3 Å². The molecular weight excluding hydrogens is 322 g/mol. The summed E-state index contributed by atoms with van der Waals surface area (Å²) in [4.78, 5) is 10.9. The van der Waals surface area contributed by atoms with E-state index in [-0.39, 0.29) is 22.8 Å². The van der Waals surface area contributed by atoms with Gasteiger partial charge in [-0.05, 0) is 31.5 Å². The predicted octanol–water partition coefficient (Wildman–Crippen LogP) is 0.0452. The Bertz CT molecular complexity index is 742. The van der Waals surface area contributed by atoms with Gasteiger partial charge in [0.1, 0.15) is 0 Å². The van der Waals surface area contributed by atoms with Gasteiger partial charge in [0.15, 0.2) is 0 Å². The average Bonchev–Trinajstić information content (AvgIpc) is 2.29. The number of hydrogen-bond donors (Lipinski definition) is 3. The van der Waals surface area contributed by atoms with Crippen molar-refractivity contribution >= 4 is 32.0 Å². The van der Waals surface area contributed by atoms with E-state index in [2.05, 4.69) is 4.74 Å². The van der Waals surface area contributed by atoms with Crippen molar-refractivity contribution in [3.63, 3.8) is 0 Å². The van der Waals surface area contributed by atoms with Gasteiger partial charge in [-0.25, -0.2) is 23.1 Å². The fourth-order valence-electron chi connectivity index (χ4n) is 1.47. The highest BCUT2D eigenvalue weighted by molar-refractivity contribution is 7.91. The first-order chi connectivity index (χ1) is 9.57. The van der Waals surface area contributed by atoms with E-state index >= 15 is 0 Å². The topological polar surface area (TPSA) is 145 Å². The number of nitrogens with one attached hydrogen (secondary N) is 2. The fourth-order valence-corrected chi connectivity index (χ4v) is 3.12. The molecule has 0 saturated carbocycles. The molecule has 0 radical (unpaired) electrons. The van der Waals surface area contributed by atoms with Crippen LogP contribution in [0.5, 0.6) is 0 Å². The van der Waals surface area contributed by atoms with E-state index in [1.165, 1.54) is 32.0 Å². The standard InChI is InChI=1S/C10H15N3O6S2/c1-3-19-10(14)13-21(17,18)12-8-5-4-6-9(7(8)2)20(11,15)16/h4-6,12H,3H2,1-2H3,(H,13,14)(H2,11,15,16). The van der Waals surface area contributed by atoms with E-state index in [0.717, 1.165) is 0 Å². The zero-order valence-electron chi connectivity index (χ0n) is 11.3. The summed E-state index contributed by atoms with van der Waals surface area (Å²) >= 11 is 0. The summed E-state index contributed by atoms with van der Waals surface area (Å²) in [6, 6.07) is 3.88. The Balaban J connectivity index is 3.07. The van der Waals surface area contributed by atoms with E-state index < -0.39 is 26.3 Å². The van der Waals surface area contributed by atoms with E-state index in [9.17, 15) is 21.6 Å². The minimum absolute atomic E-state index is 0.00127. The van der Waals surface area contributed by atoms with Crippen LogP contribution in [0.25, 0.3) is 0 Å². The summed E-state index contributed by atoms with van der Waals surface area (Å²) < 4.78 is 54.2. The van der Waals surface area contributed by atoms with Crippen molar-refractivity contribution in [3.8, 4) is 0 Å². The van der Waals surface area contributed by atoms with Crippen LogP contribution in [0.15, 0.2) is 23.1 Å². The largest absolute Gasteiger partial charge is 0.449 e. The zero-order valence-corrected chi connectivity index (χ0v) is 12.9. The average molecular weight is 337 g/mol. The van der Waals surface area contributed by atoms with E-state index in [1.807, 2.05) is 4.72 Å². The van der Waals surface area contributed by atoms with Gasteiger partial charge in [0, 0.05) is 0 Å². The molecule has 0 aliphatic carbocycles. The van der Waals surface area contributed by atoms with Gasteiger partial charge < -0.3 is 4.74 Å². The van der Waals surface area contributed by atoms with Crippen molar-refractivity contribution in [1.82, 2.24) is 4.72 Å². The minimum atomic E-state index is -4.25. The molecule has 0 aromatic heterocycles. The number of rotatable bonds is 5. The maximum atomic E-state index is 11.7. The summed E-state index contributed by atoms with van der Waals surface area (Å²) in [6.45, 7) is 2.89. The van der Waals surface area contributed by atoms with Crippen LogP contribution in [0, 0.1) is 6.92 Å². The summed E-state index contributed by atoms with van der Waals surface area (Å²) in [5, 5.41) is 5.02. The molecule has 118 valence electrons. The van der Waals surface area contributed by atoms with E-state index in [1.54, 1.807) is 4.72 Å². The number of anilines is 1. The van der Waals surface area contributed by atoms with Crippen LogP contribution in [-0.4, -0.2) is 29.5 Å². The van der Waals surface area contributed by atoms with Gasteiger partial charge in [-0.2, -0.15) is 8.42 Å². The molecule has 9 nitrogen and oxygen atoms in total. The number of benzene rings is 1. The fraction of sp³-hybridized carbons (Fsp3) is 0.300. The lowest BCUT2D eigenvalue weighted by Gasteiger charge is -2.13.